The van der Waals surface area contributed by atoms with Crippen molar-refractivity contribution in [2.24, 2.45) is 0 Å². The molecular weight excluding hydrogens is 437 g/mol. The first-order valence-electron chi connectivity index (χ1n) is 11.0. The molecule has 0 radical (unpaired) electrons. The number of nitriles is 1. The molecule has 0 spiro atoms. The average molecular weight is 459 g/mol. The van der Waals surface area contributed by atoms with Gasteiger partial charge >= 0.3 is 0 Å². The van der Waals surface area contributed by atoms with E-state index >= 15 is 0 Å². The Morgan fingerprint density at radius 3 is 1.62 bits per heavy atom. The fourth-order valence-corrected chi connectivity index (χ4v) is 9.20. The topological polar surface area (TPSA) is 61.1 Å². The molecule has 1 N–H and O–H groups in total. The second kappa shape index (κ2) is 8.76. The number of hydrogen-bond acceptors (Lipinski definition) is 3. The molecule has 5 rings (SSSR count). The van der Waals surface area contributed by atoms with E-state index < -0.39 is 12.5 Å². The molecule has 0 fully saturated rings. The fourth-order valence-electron chi connectivity index (χ4n) is 4.82. The van der Waals surface area contributed by atoms with Crippen LogP contribution in [0.25, 0.3) is 0 Å². The molecule has 4 heteroatoms. The van der Waals surface area contributed by atoms with Gasteiger partial charge in [0.15, 0.2) is 5.78 Å². The van der Waals surface area contributed by atoms with Crippen molar-refractivity contribution >= 4 is 33.9 Å². The minimum Gasteiger partial charge on any atom is -0.376 e. The molecule has 0 saturated carbocycles. The number of nitrogens with zero attached hydrogens (tertiary/aromatic N) is 1. The van der Waals surface area contributed by atoms with Gasteiger partial charge in [-0.05, 0) is 35.0 Å². The lowest BCUT2D eigenvalue weighted by Crippen LogP contribution is -2.42. The van der Waals surface area contributed by atoms with Crippen molar-refractivity contribution in [1.29, 1.82) is 5.26 Å². The Morgan fingerprint density at radius 1 is 0.706 bits per heavy atom. The van der Waals surface area contributed by atoms with Crippen molar-refractivity contribution in [1.82, 2.24) is 0 Å². The van der Waals surface area contributed by atoms with Crippen LogP contribution in [0.5, 0.6) is 0 Å². The average Bonchev–Trinajstić information content (AvgIpc) is 2.91. The zero-order valence-corrected chi connectivity index (χ0v) is 19.3. The first-order valence-corrected chi connectivity index (χ1v) is 12.8. The highest BCUT2D eigenvalue weighted by molar-refractivity contribution is 7.95. The highest BCUT2D eigenvalue weighted by atomic mass is 31.2. The molecule has 0 saturated heterocycles. The minimum atomic E-state index is -2.83. The summed E-state index contributed by atoms with van der Waals surface area (Å²) in [4.78, 5) is 12.7. The van der Waals surface area contributed by atoms with Gasteiger partial charge in [-0.25, -0.2) is 0 Å². The second-order valence-electron chi connectivity index (χ2n) is 8.15. The van der Waals surface area contributed by atoms with E-state index in [-0.39, 0.29) is 5.78 Å². The van der Waals surface area contributed by atoms with E-state index in [0.29, 0.717) is 16.4 Å². The first-order chi connectivity index (χ1) is 16.6. The van der Waals surface area contributed by atoms with Crippen molar-refractivity contribution in [2.75, 3.05) is 0 Å². The zero-order chi connectivity index (χ0) is 23.6. The van der Waals surface area contributed by atoms with Crippen molar-refractivity contribution in [3.63, 3.8) is 0 Å². The lowest BCUT2D eigenvalue weighted by Gasteiger charge is -2.38. The summed E-state index contributed by atoms with van der Waals surface area (Å²) >= 11 is 0. The molecule has 0 amide bonds. The van der Waals surface area contributed by atoms with E-state index in [0.717, 1.165) is 15.9 Å². The van der Waals surface area contributed by atoms with Crippen LogP contribution in [0.15, 0.2) is 127 Å². The van der Waals surface area contributed by atoms with Crippen LogP contribution in [0.4, 0.5) is 0 Å². The lowest BCUT2D eigenvalue weighted by molar-refractivity contribution is 0.101. The number of fused-ring (bicyclic) bond motifs is 1. The van der Waals surface area contributed by atoms with Gasteiger partial charge in [-0.3, -0.25) is 4.79 Å². The van der Waals surface area contributed by atoms with Gasteiger partial charge in [0.1, 0.15) is 5.60 Å². The molecule has 34 heavy (non-hydrogen) atoms. The number of carbonyl (C=O) groups excluding carboxylic acids is 1. The number of aliphatic hydroxyl groups is 1. The maximum atomic E-state index is 12.7. The molecule has 1 aliphatic rings. The van der Waals surface area contributed by atoms with E-state index in [1.54, 1.807) is 24.3 Å². The third-order valence-corrected chi connectivity index (χ3v) is 10.6. The maximum absolute atomic E-state index is 12.7. The largest absolute Gasteiger partial charge is 0.376 e. The molecule has 0 bridgehead atoms. The molecule has 3 nitrogen and oxygen atoms in total. The predicted octanol–water partition coefficient (Wildman–Crippen LogP) is 4.32. The Kier molecular flexibility index (Phi) is 5.64. The third kappa shape index (κ3) is 3.28. The van der Waals surface area contributed by atoms with Gasteiger partial charge < -0.3 is 5.11 Å². The van der Waals surface area contributed by atoms with Crippen LogP contribution in [0, 0.1) is 11.3 Å². The molecule has 0 heterocycles. The van der Waals surface area contributed by atoms with E-state index in [1.807, 2.05) is 91.0 Å². The first kappa shape index (κ1) is 21.9. The number of rotatable bonds is 4. The summed E-state index contributed by atoms with van der Waals surface area (Å²) in [5.74, 6) is -0.180. The number of benzene rings is 4. The van der Waals surface area contributed by atoms with Crippen molar-refractivity contribution in [3.05, 3.63) is 139 Å². The zero-order valence-electron chi connectivity index (χ0n) is 18.4. The molecule has 1 aliphatic carbocycles. The van der Waals surface area contributed by atoms with E-state index in [4.69, 9.17) is 0 Å². The summed E-state index contributed by atoms with van der Waals surface area (Å²) in [5.41, 5.74) is -0.895. The van der Waals surface area contributed by atoms with Crippen LogP contribution in [0.1, 0.15) is 15.9 Å². The van der Waals surface area contributed by atoms with Crippen molar-refractivity contribution in [3.8, 4) is 6.07 Å². The maximum Gasteiger partial charge on any atom is 0.186 e. The van der Waals surface area contributed by atoms with Crippen LogP contribution in [-0.4, -0.2) is 16.2 Å². The lowest BCUT2D eigenvalue weighted by atomic mass is 9.81. The number of hydrogen-bond donors (Lipinski definition) is 1. The molecule has 1 unspecified atom stereocenters. The molecule has 1 atom stereocenters. The summed E-state index contributed by atoms with van der Waals surface area (Å²) < 4.78 is 0. The van der Waals surface area contributed by atoms with Crippen LogP contribution >= 0.6 is 6.89 Å². The fraction of sp³-hybridized carbons (Fsp3) is 0.0333. The molecule has 0 aromatic heterocycles. The quantitative estimate of drug-likeness (QED) is 0.463. The Morgan fingerprint density at radius 2 is 1.15 bits per heavy atom. The van der Waals surface area contributed by atoms with Crippen molar-refractivity contribution < 1.29 is 9.90 Å². The van der Waals surface area contributed by atoms with Gasteiger partial charge in [0.05, 0.1) is 11.4 Å². The summed E-state index contributed by atoms with van der Waals surface area (Å²) in [5, 5.41) is 26.4. The Hall–Kier alpha value is -3.96. The van der Waals surface area contributed by atoms with Crippen LogP contribution in [-0.2, 0) is 5.60 Å². The van der Waals surface area contributed by atoms with Crippen LogP contribution < -0.4 is 15.9 Å². The van der Waals surface area contributed by atoms with E-state index in [1.165, 1.54) is 12.2 Å². The molecule has 0 aliphatic heterocycles. The van der Waals surface area contributed by atoms with Gasteiger partial charge in [0.2, 0.25) is 0 Å². The van der Waals surface area contributed by atoms with Gasteiger partial charge in [0, 0.05) is 11.1 Å². The number of allylic oxidation sites excluding steroid dienone is 1. The molecule has 4 aromatic rings. The van der Waals surface area contributed by atoms with E-state index in [9.17, 15) is 15.2 Å². The number of ketones is 1. The predicted molar refractivity (Wildman–Crippen MR) is 140 cm³/mol. The molecule has 164 valence electrons. The van der Waals surface area contributed by atoms with Gasteiger partial charge in [-0.2, -0.15) is 5.26 Å². The van der Waals surface area contributed by atoms with Gasteiger partial charge in [-0.1, -0.05) is 115 Å². The summed E-state index contributed by atoms with van der Waals surface area (Å²) in [7, 11) is 0. The number of carbonyl (C=O) groups is 1. The normalized spacial score (nSPS) is 17.0. The second-order valence-corrected chi connectivity index (χ2v) is 11.5. The SMILES string of the molecule is N#CC(C1(O)C=CC(=O)c2ccccc21)=P(c1ccccc1)(c1ccccc1)c1ccccc1. The highest BCUT2D eigenvalue weighted by Gasteiger charge is 2.44. The van der Waals surface area contributed by atoms with Gasteiger partial charge in [-0.15, -0.1) is 0 Å². The molecular formula is C30H22NO2P. The Balaban J connectivity index is 2.04. The van der Waals surface area contributed by atoms with E-state index in [2.05, 4.69) is 6.07 Å². The monoisotopic (exact) mass is 459 g/mol. The van der Waals surface area contributed by atoms with Crippen molar-refractivity contribution in [2.45, 2.75) is 5.60 Å². The Labute approximate surface area is 199 Å². The molecule has 4 aromatic carbocycles. The van der Waals surface area contributed by atoms with Crippen LogP contribution in [0.3, 0.4) is 0 Å². The standard InChI is InChI=1S/C30H22NO2P/c31-22-29(30(33)21-20-28(32)26-18-10-11-19-27(26)30)34(23-12-4-1-5-13-23,24-14-6-2-7-15-24)25-16-8-3-9-17-25/h1-21,33H. The summed E-state index contributed by atoms with van der Waals surface area (Å²) in [6.45, 7) is -2.83. The van der Waals surface area contributed by atoms with Gasteiger partial charge in [0.25, 0.3) is 0 Å². The highest BCUT2D eigenvalue weighted by Crippen LogP contribution is 2.51. The summed E-state index contributed by atoms with van der Waals surface area (Å²) in [6, 6.07) is 39.2. The smallest absolute Gasteiger partial charge is 0.186 e. The Bertz CT molecular complexity index is 1380. The van der Waals surface area contributed by atoms with Crippen LogP contribution in [0.2, 0.25) is 0 Å². The summed E-state index contributed by atoms with van der Waals surface area (Å²) in [6.07, 6.45) is 2.87. The third-order valence-electron chi connectivity index (χ3n) is 6.31. The minimum absolute atomic E-state index is 0.180.